The van der Waals surface area contributed by atoms with E-state index in [1.807, 2.05) is 12.1 Å². The quantitative estimate of drug-likeness (QED) is 0.840. The zero-order chi connectivity index (χ0) is 14.6. The Balaban J connectivity index is 2.03. The first-order valence-electron chi connectivity index (χ1n) is 7.20. The average molecular weight is 274 g/mol. The lowest BCUT2D eigenvalue weighted by molar-refractivity contribution is 0.127. The fraction of sp³-hybridized carbons (Fsp3) is 0.529. The summed E-state index contributed by atoms with van der Waals surface area (Å²) in [6, 6.07) is 5.20. The molecule has 1 heterocycles. The van der Waals surface area contributed by atoms with Crippen molar-refractivity contribution >= 4 is 0 Å². The van der Waals surface area contributed by atoms with E-state index in [1.54, 1.807) is 0 Å². The second-order valence-corrected chi connectivity index (χ2v) is 6.26. The summed E-state index contributed by atoms with van der Waals surface area (Å²) in [5.41, 5.74) is 7.36. The molecule has 0 aromatic heterocycles. The van der Waals surface area contributed by atoms with E-state index in [0.29, 0.717) is 11.0 Å². The highest BCUT2D eigenvalue weighted by molar-refractivity contribution is 5.38. The van der Waals surface area contributed by atoms with Crippen LogP contribution in [0.15, 0.2) is 18.2 Å². The topological polar surface area (TPSA) is 29.3 Å². The van der Waals surface area contributed by atoms with E-state index >= 15 is 0 Å². The third-order valence-corrected chi connectivity index (χ3v) is 3.97. The molecule has 3 heteroatoms. The maximum absolute atomic E-state index is 13.6. The number of benzene rings is 1. The van der Waals surface area contributed by atoms with Gasteiger partial charge < -0.3 is 5.73 Å². The van der Waals surface area contributed by atoms with Crippen LogP contribution < -0.4 is 5.73 Å². The number of halogens is 1. The van der Waals surface area contributed by atoms with Crippen LogP contribution in [-0.2, 0) is 6.54 Å². The number of nitrogens with two attached hydrogens (primary N) is 1. The second kappa shape index (κ2) is 6.39. The van der Waals surface area contributed by atoms with E-state index in [4.69, 9.17) is 5.73 Å². The van der Waals surface area contributed by atoms with Gasteiger partial charge in [-0.2, -0.15) is 0 Å². The van der Waals surface area contributed by atoms with Crippen molar-refractivity contribution < 1.29 is 4.39 Å². The minimum atomic E-state index is -0.269. The van der Waals surface area contributed by atoms with E-state index < -0.39 is 0 Å². The standard InChI is InChI=1S/C17H23FN2/c1-17(2)7-10-20(11-8-17)13-14-5-6-16(18)15(12-14)4-3-9-19/h5-6,12H,7-11,13,19H2,1-2H3. The average Bonchev–Trinajstić information content (AvgIpc) is 2.42. The highest BCUT2D eigenvalue weighted by Gasteiger charge is 2.25. The summed E-state index contributed by atoms with van der Waals surface area (Å²) in [7, 11) is 0. The Morgan fingerprint density at radius 2 is 2.00 bits per heavy atom. The van der Waals surface area contributed by atoms with E-state index in [0.717, 1.165) is 25.2 Å². The molecule has 2 rings (SSSR count). The van der Waals surface area contributed by atoms with Crippen molar-refractivity contribution in [1.82, 2.24) is 4.90 Å². The summed E-state index contributed by atoms with van der Waals surface area (Å²) in [6.07, 6.45) is 2.43. The molecule has 0 unspecified atom stereocenters. The van der Waals surface area contributed by atoms with Crippen molar-refractivity contribution in [3.63, 3.8) is 0 Å². The van der Waals surface area contributed by atoms with Gasteiger partial charge in [0, 0.05) is 6.54 Å². The van der Waals surface area contributed by atoms with Crippen LogP contribution in [0.1, 0.15) is 37.8 Å². The Morgan fingerprint density at radius 1 is 1.30 bits per heavy atom. The zero-order valence-corrected chi connectivity index (χ0v) is 12.4. The maximum atomic E-state index is 13.6. The molecule has 2 nitrogen and oxygen atoms in total. The molecule has 0 radical (unpaired) electrons. The van der Waals surface area contributed by atoms with Crippen molar-refractivity contribution in [2.45, 2.75) is 33.2 Å². The van der Waals surface area contributed by atoms with Gasteiger partial charge in [-0.1, -0.05) is 31.8 Å². The summed E-state index contributed by atoms with van der Waals surface area (Å²) >= 11 is 0. The van der Waals surface area contributed by atoms with Crippen molar-refractivity contribution in [3.8, 4) is 11.8 Å². The number of piperidine rings is 1. The minimum Gasteiger partial charge on any atom is -0.320 e. The van der Waals surface area contributed by atoms with Gasteiger partial charge in [-0.25, -0.2) is 4.39 Å². The molecule has 0 aliphatic carbocycles. The first kappa shape index (κ1) is 15.0. The van der Waals surface area contributed by atoms with E-state index in [1.165, 1.54) is 18.9 Å². The monoisotopic (exact) mass is 274 g/mol. The van der Waals surface area contributed by atoms with Gasteiger partial charge in [0.2, 0.25) is 0 Å². The fourth-order valence-corrected chi connectivity index (χ4v) is 2.49. The Labute approximate surface area is 121 Å². The molecule has 20 heavy (non-hydrogen) atoms. The summed E-state index contributed by atoms with van der Waals surface area (Å²) < 4.78 is 13.6. The van der Waals surface area contributed by atoms with Crippen molar-refractivity contribution in [2.75, 3.05) is 19.6 Å². The molecule has 1 aromatic rings. The number of hydrogen-bond donors (Lipinski definition) is 1. The summed E-state index contributed by atoms with van der Waals surface area (Å²) in [5.74, 6) is 5.24. The Hall–Kier alpha value is -1.37. The Bertz CT molecular complexity index is 516. The Morgan fingerprint density at radius 3 is 2.65 bits per heavy atom. The van der Waals surface area contributed by atoms with Gasteiger partial charge in [0.15, 0.2) is 0 Å². The molecule has 0 spiro atoms. The summed E-state index contributed by atoms with van der Waals surface area (Å²) in [6.45, 7) is 7.98. The first-order valence-corrected chi connectivity index (χ1v) is 7.20. The maximum Gasteiger partial charge on any atom is 0.138 e. The van der Waals surface area contributed by atoms with Crippen LogP contribution in [0.25, 0.3) is 0 Å². The number of nitrogens with zero attached hydrogens (tertiary/aromatic N) is 1. The molecule has 0 amide bonds. The highest BCUT2D eigenvalue weighted by Crippen LogP contribution is 2.30. The molecule has 0 bridgehead atoms. The normalized spacial score (nSPS) is 18.4. The number of likely N-dealkylation sites (tertiary alicyclic amines) is 1. The van der Waals surface area contributed by atoms with Crippen LogP contribution >= 0.6 is 0 Å². The van der Waals surface area contributed by atoms with Crippen LogP contribution in [0.3, 0.4) is 0 Å². The lowest BCUT2D eigenvalue weighted by Gasteiger charge is -2.36. The Kier molecular flexibility index (Phi) is 4.80. The largest absolute Gasteiger partial charge is 0.320 e. The predicted molar refractivity (Wildman–Crippen MR) is 80.6 cm³/mol. The molecule has 0 saturated carbocycles. The van der Waals surface area contributed by atoms with Crippen molar-refractivity contribution in [3.05, 3.63) is 35.1 Å². The molecule has 108 valence electrons. The van der Waals surface area contributed by atoms with Crippen LogP contribution in [0.5, 0.6) is 0 Å². The van der Waals surface area contributed by atoms with E-state index in [9.17, 15) is 4.39 Å². The van der Waals surface area contributed by atoms with E-state index in [-0.39, 0.29) is 12.4 Å². The summed E-state index contributed by atoms with van der Waals surface area (Å²) in [5, 5.41) is 0. The van der Waals surface area contributed by atoms with Crippen molar-refractivity contribution in [1.29, 1.82) is 0 Å². The smallest absolute Gasteiger partial charge is 0.138 e. The first-order chi connectivity index (χ1) is 9.50. The van der Waals surface area contributed by atoms with Crippen LogP contribution in [0.2, 0.25) is 0 Å². The van der Waals surface area contributed by atoms with Gasteiger partial charge >= 0.3 is 0 Å². The van der Waals surface area contributed by atoms with Crippen LogP contribution in [0, 0.1) is 23.1 Å². The van der Waals surface area contributed by atoms with Crippen LogP contribution in [-0.4, -0.2) is 24.5 Å². The lowest BCUT2D eigenvalue weighted by Crippen LogP contribution is -2.36. The van der Waals surface area contributed by atoms with E-state index in [2.05, 4.69) is 30.6 Å². The molecule has 0 atom stereocenters. The molecule has 1 aromatic carbocycles. The third-order valence-electron chi connectivity index (χ3n) is 3.97. The molecule has 1 aliphatic heterocycles. The molecule has 1 aliphatic rings. The minimum absolute atomic E-state index is 0.255. The van der Waals surface area contributed by atoms with Gasteiger partial charge in [0.05, 0.1) is 12.1 Å². The fourth-order valence-electron chi connectivity index (χ4n) is 2.49. The predicted octanol–water partition coefficient (Wildman–Crippen LogP) is 2.76. The molecule has 1 fully saturated rings. The SMILES string of the molecule is CC1(C)CCN(Cc2ccc(F)c(C#CCN)c2)CC1. The lowest BCUT2D eigenvalue weighted by atomic mass is 9.82. The number of rotatable bonds is 2. The molecular weight excluding hydrogens is 251 g/mol. The van der Waals surface area contributed by atoms with Gasteiger partial charge in [0.1, 0.15) is 5.82 Å². The number of hydrogen-bond acceptors (Lipinski definition) is 2. The third kappa shape index (κ3) is 4.06. The van der Waals surface area contributed by atoms with Gasteiger partial charge in [-0.15, -0.1) is 0 Å². The van der Waals surface area contributed by atoms with Gasteiger partial charge in [-0.05, 0) is 49.0 Å². The van der Waals surface area contributed by atoms with Gasteiger partial charge in [0.25, 0.3) is 0 Å². The second-order valence-electron chi connectivity index (χ2n) is 6.26. The zero-order valence-electron chi connectivity index (χ0n) is 12.4. The molecule has 2 N–H and O–H groups in total. The highest BCUT2D eigenvalue weighted by atomic mass is 19.1. The van der Waals surface area contributed by atoms with Crippen molar-refractivity contribution in [2.24, 2.45) is 11.1 Å². The molecule has 1 saturated heterocycles. The van der Waals surface area contributed by atoms with Crippen LogP contribution in [0.4, 0.5) is 4.39 Å². The molecular formula is C17H23FN2. The summed E-state index contributed by atoms with van der Waals surface area (Å²) in [4.78, 5) is 2.43. The van der Waals surface area contributed by atoms with Gasteiger partial charge in [-0.3, -0.25) is 4.90 Å².